The molecule has 0 fully saturated rings. The molecule has 0 bridgehead atoms. The van der Waals surface area contributed by atoms with Crippen molar-refractivity contribution in [1.82, 2.24) is 19.1 Å². The number of pyridine rings is 2. The molecular weight excluding hydrogens is 488 g/mol. The van der Waals surface area contributed by atoms with E-state index in [0.29, 0.717) is 0 Å². The number of nitrogens with zero attached hydrogens (tertiary/aromatic N) is 4. The van der Waals surface area contributed by atoms with Gasteiger partial charge in [0.2, 0.25) is 0 Å². The van der Waals surface area contributed by atoms with Gasteiger partial charge in [-0.25, -0.2) is 4.98 Å². The van der Waals surface area contributed by atoms with E-state index in [1.807, 2.05) is 18.5 Å². The van der Waals surface area contributed by atoms with Crippen LogP contribution in [0.1, 0.15) is 0 Å². The Kier molecular flexibility index (Phi) is 4.30. The summed E-state index contributed by atoms with van der Waals surface area (Å²) < 4.78 is 4.72. The summed E-state index contributed by atoms with van der Waals surface area (Å²) >= 11 is 0. The fourth-order valence-corrected chi connectivity index (χ4v) is 6.52. The molecule has 0 radical (unpaired) electrons. The number of hydrogen-bond donors (Lipinski definition) is 0. The van der Waals surface area contributed by atoms with E-state index < -0.39 is 0 Å². The summed E-state index contributed by atoms with van der Waals surface area (Å²) in [6.45, 7) is 0. The van der Waals surface area contributed by atoms with E-state index in [-0.39, 0.29) is 0 Å². The predicted octanol–water partition coefficient (Wildman–Crippen LogP) is 8.98. The van der Waals surface area contributed by atoms with Gasteiger partial charge in [-0.1, -0.05) is 84.9 Å². The minimum atomic E-state index is 0.938. The lowest BCUT2D eigenvalue weighted by atomic mass is 10.0. The zero-order valence-corrected chi connectivity index (χ0v) is 21.5. The van der Waals surface area contributed by atoms with Crippen LogP contribution in [0.25, 0.3) is 76.8 Å². The SMILES string of the molecule is c1ccc(-n2c3ccccc3c3c2ncc2c4ncccc4n(-c4c5ccccc5cc5ccccc45)c23)cc1. The van der Waals surface area contributed by atoms with Gasteiger partial charge in [-0.15, -0.1) is 0 Å². The lowest BCUT2D eigenvalue weighted by molar-refractivity contribution is 1.14. The highest BCUT2D eigenvalue weighted by Crippen LogP contribution is 2.43. The Morgan fingerprint density at radius 3 is 1.93 bits per heavy atom. The van der Waals surface area contributed by atoms with Crippen LogP contribution in [0.2, 0.25) is 0 Å². The van der Waals surface area contributed by atoms with E-state index in [2.05, 4.69) is 124 Å². The molecule has 0 amide bonds. The molecule has 0 unspecified atom stereocenters. The zero-order chi connectivity index (χ0) is 26.2. The second-order valence-corrected chi connectivity index (χ2v) is 10.3. The van der Waals surface area contributed by atoms with Gasteiger partial charge in [0.25, 0.3) is 0 Å². The summed E-state index contributed by atoms with van der Waals surface area (Å²) in [5.74, 6) is 0. The van der Waals surface area contributed by atoms with E-state index in [1.165, 1.54) is 32.6 Å². The maximum absolute atomic E-state index is 5.11. The number of rotatable bonds is 2. The Balaban J connectivity index is 1.59. The van der Waals surface area contributed by atoms with Crippen molar-refractivity contribution >= 4 is 65.4 Å². The molecule has 9 rings (SSSR count). The first kappa shape index (κ1) is 21.5. The van der Waals surface area contributed by atoms with Crippen LogP contribution in [0.4, 0.5) is 0 Å². The fraction of sp³-hybridized carbons (Fsp3) is 0. The van der Waals surface area contributed by atoms with Crippen molar-refractivity contribution in [3.63, 3.8) is 0 Å². The number of hydrogen-bond acceptors (Lipinski definition) is 2. The predicted molar refractivity (Wildman–Crippen MR) is 166 cm³/mol. The Bertz CT molecular complexity index is 2380. The van der Waals surface area contributed by atoms with E-state index in [1.54, 1.807) is 0 Å². The zero-order valence-electron chi connectivity index (χ0n) is 21.5. The monoisotopic (exact) mass is 510 g/mol. The van der Waals surface area contributed by atoms with Gasteiger partial charge in [-0.3, -0.25) is 9.55 Å². The fourth-order valence-electron chi connectivity index (χ4n) is 6.52. The van der Waals surface area contributed by atoms with Crippen molar-refractivity contribution in [2.24, 2.45) is 0 Å². The highest BCUT2D eigenvalue weighted by molar-refractivity contribution is 6.25. The quantitative estimate of drug-likeness (QED) is 0.218. The first-order valence-corrected chi connectivity index (χ1v) is 13.5. The molecular formula is C36H22N4. The average Bonchev–Trinajstić information content (AvgIpc) is 3.53. The van der Waals surface area contributed by atoms with Gasteiger partial charge in [0.05, 0.1) is 33.1 Å². The standard InChI is InChI=1S/C36H22N4/c1-2-13-25(14-3-1)39-30-18-9-8-17-28(30)32-35-29(22-38-36(32)39)33-31(19-10-20-37-33)40(35)34-26-15-6-4-11-23(26)21-24-12-5-7-16-27(24)34/h1-22H. The number of fused-ring (bicyclic) bond motifs is 9. The van der Waals surface area contributed by atoms with Crippen molar-refractivity contribution in [1.29, 1.82) is 0 Å². The van der Waals surface area contributed by atoms with Crippen LogP contribution in [0.15, 0.2) is 134 Å². The summed E-state index contributed by atoms with van der Waals surface area (Å²) in [5.41, 5.74) is 7.50. The first-order valence-electron chi connectivity index (χ1n) is 13.5. The number of benzene rings is 5. The molecule has 0 aliphatic carbocycles. The normalized spacial score (nSPS) is 12.0. The topological polar surface area (TPSA) is 35.6 Å². The third kappa shape index (κ3) is 2.79. The molecule has 0 N–H and O–H groups in total. The lowest BCUT2D eigenvalue weighted by Gasteiger charge is -2.16. The minimum Gasteiger partial charge on any atom is -0.306 e. The third-order valence-electron chi connectivity index (χ3n) is 8.14. The van der Waals surface area contributed by atoms with Crippen molar-refractivity contribution < 1.29 is 0 Å². The van der Waals surface area contributed by atoms with Crippen molar-refractivity contribution in [3.8, 4) is 11.4 Å². The molecule has 186 valence electrons. The average molecular weight is 511 g/mol. The van der Waals surface area contributed by atoms with Crippen molar-refractivity contribution in [2.75, 3.05) is 0 Å². The van der Waals surface area contributed by atoms with E-state index >= 15 is 0 Å². The van der Waals surface area contributed by atoms with Gasteiger partial charge >= 0.3 is 0 Å². The molecule has 40 heavy (non-hydrogen) atoms. The minimum absolute atomic E-state index is 0.938. The van der Waals surface area contributed by atoms with Crippen LogP contribution < -0.4 is 0 Å². The van der Waals surface area contributed by atoms with Crippen molar-refractivity contribution in [2.45, 2.75) is 0 Å². The smallest absolute Gasteiger partial charge is 0.147 e. The molecule has 4 heterocycles. The maximum Gasteiger partial charge on any atom is 0.147 e. The molecule has 5 aromatic carbocycles. The molecule has 4 nitrogen and oxygen atoms in total. The second-order valence-electron chi connectivity index (χ2n) is 10.3. The summed E-state index contributed by atoms with van der Waals surface area (Å²) in [6.07, 6.45) is 3.89. The maximum atomic E-state index is 5.11. The van der Waals surface area contributed by atoms with Gasteiger partial charge in [0, 0.05) is 39.6 Å². The van der Waals surface area contributed by atoms with Gasteiger partial charge in [-0.05, 0) is 47.2 Å². The van der Waals surface area contributed by atoms with E-state index in [4.69, 9.17) is 9.97 Å². The van der Waals surface area contributed by atoms with E-state index in [0.717, 1.165) is 44.2 Å². The number of aromatic nitrogens is 4. The highest BCUT2D eigenvalue weighted by Gasteiger charge is 2.23. The molecule has 0 saturated heterocycles. The Hall–Kier alpha value is -5.48. The summed E-state index contributed by atoms with van der Waals surface area (Å²) in [7, 11) is 0. The van der Waals surface area contributed by atoms with Crippen LogP contribution in [0.5, 0.6) is 0 Å². The molecule has 4 heteroatoms. The molecule has 0 aliphatic heterocycles. The first-order chi connectivity index (χ1) is 19.9. The molecule has 0 atom stereocenters. The van der Waals surface area contributed by atoms with E-state index in [9.17, 15) is 0 Å². The van der Waals surface area contributed by atoms with Crippen molar-refractivity contribution in [3.05, 3.63) is 134 Å². The highest BCUT2D eigenvalue weighted by atomic mass is 15.1. The molecule has 9 aromatic rings. The molecule has 4 aromatic heterocycles. The van der Waals surface area contributed by atoms with Gasteiger partial charge < -0.3 is 4.57 Å². The largest absolute Gasteiger partial charge is 0.306 e. The van der Waals surface area contributed by atoms with Crippen LogP contribution in [0, 0.1) is 0 Å². The van der Waals surface area contributed by atoms with Crippen LogP contribution in [-0.2, 0) is 0 Å². The summed E-state index contributed by atoms with van der Waals surface area (Å²) in [6, 6.07) is 43.0. The third-order valence-corrected chi connectivity index (χ3v) is 8.14. The Morgan fingerprint density at radius 1 is 0.500 bits per heavy atom. The van der Waals surface area contributed by atoms with Gasteiger partial charge in [-0.2, -0.15) is 0 Å². The molecule has 0 aliphatic rings. The molecule has 0 saturated carbocycles. The number of para-hydroxylation sites is 2. The summed E-state index contributed by atoms with van der Waals surface area (Å²) in [4.78, 5) is 10.0. The van der Waals surface area contributed by atoms with Gasteiger partial charge in [0.1, 0.15) is 5.65 Å². The lowest BCUT2D eigenvalue weighted by Crippen LogP contribution is -1.99. The Morgan fingerprint density at radius 2 is 1.15 bits per heavy atom. The summed E-state index contributed by atoms with van der Waals surface area (Å²) in [5, 5.41) is 8.21. The van der Waals surface area contributed by atoms with Crippen LogP contribution >= 0.6 is 0 Å². The van der Waals surface area contributed by atoms with Crippen LogP contribution in [-0.4, -0.2) is 19.1 Å². The molecule has 0 spiro atoms. The van der Waals surface area contributed by atoms with Crippen LogP contribution in [0.3, 0.4) is 0 Å². The second kappa shape index (κ2) is 8.01. The van der Waals surface area contributed by atoms with Gasteiger partial charge in [0.15, 0.2) is 0 Å². The Labute approximate surface area is 229 Å².